The topological polar surface area (TPSA) is 97.7 Å². The van der Waals surface area contributed by atoms with Crippen LogP contribution in [-0.2, 0) is 15.2 Å². The largest absolute Gasteiger partial charge is 0.573 e. The molecular weight excluding hydrogens is 391 g/mol. The SMILES string of the molecule is O=C(NC1(c2ccc(OC(F)(F)F)cc2)CC1)C1=CONC(c2ncccn2)=N1. The number of rotatable bonds is 5. The first-order chi connectivity index (χ1) is 13.8. The van der Waals surface area contributed by atoms with Crippen molar-refractivity contribution in [2.24, 2.45) is 4.99 Å². The summed E-state index contributed by atoms with van der Waals surface area (Å²) in [4.78, 5) is 29.9. The monoisotopic (exact) mass is 405 g/mol. The lowest BCUT2D eigenvalue weighted by Crippen LogP contribution is -2.37. The van der Waals surface area contributed by atoms with Crippen LogP contribution in [0.25, 0.3) is 0 Å². The van der Waals surface area contributed by atoms with E-state index in [0.717, 1.165) is 6.26 Å². The summed E-state index contributed by atoms with van der Waals surface area (Å²) >= 11 is 0. The number of carbonyl (C=O) groups is 1. The maximum Gasteiger partial charge on any atom is 0.573 e. The number of aliphatic imine (C=N–C) groups is 1. The van der Waals surface area contributed by atoms with Gasteiger partial charge in [-0.25, -0.2) is 20.4 Å². The van der Waals surface area contributed by atoms with E-state index in [4.69, 9.17) is 4.84 Å². The summed E-state index contributed by atoms with van der Waals surface area (Å²) in [5, 5.41) is 2.87. The number of aromatic nitrogens is 2. The van der Waals surface area contributed by atoms with Crippen molar-refractivity contribution in [1.29, 1.82) is 0 Å². The highest BCUT2D eigenvalue weighted by Gasteiger charge is 2.46. The van der Waals surface area contributed by atoms with Crippen molar-refractivity contribution in [2.75, 3.05) is 0 Å². The lowest BCUT2D eigenvalue weighted by molar-refractivity contribution is -0.274. The third kappa shape index (κ3) is 4.28. The summed E-state index contributed by atoms with van der Waals surface area (Å²) in [6.45, 7) is 0. The van der Waals surface area contributed by atoms with E-state index in [2.05, 4.69) is 30.5 Å². The molecule has 0 radical (unpaired) electrons. The van der Waals surface area contributed by atoms with Crippen LogP contribution in [0.5, 0.6) is 5.75 Å². The fourth-order valence-corrected chi connectivity index (χ4v) is 2.80. The molecule has 0 atom stereocenters. The molecule has 0 saturated heterocycles. The fourth-order valence-electron chi connectivity index (χ4n) is 2.80. The van der Waals surface area contributed by atoms with E-state index in [-0.39, 0.29) is 23.1 Å². The summed E-state index contributed by atoms with van der Waals surface area (Å²) in [5.41, 5.74) is 2.53. The maximum absolute atomic E-state index is 12.6. The van der Waals surface area contributed by atoms with E-state index in [1.54, 1.807) is 6.07 Å². The van der Waals surface area contributed by atoms with Crippen LogP contribution in [0.4, 0.5) is 13.2 Å². The summed E-state index contributed by atoms with van der Waals surface area (Å²) in [5.74, 6) is -0.382. The first kappa shape index (κ1) is 18.7. The van der Waals surface area contributed by atoms with Gasteiger partial charge in [0, 0.05) is 12.4 Å². The minimum atomic E-state index is -4.76. The molecule has 1 aliphatic heterocycles. The Kier molecular flexibility index (Phi) is 4.57. The number of alkyl halides is 3. The van der Waals surface area contributed by atoms with Gasteiger partial charge in [-0.15, -0.1) is 13.2 Å². The van der Waals surface area contributed by atoms with Gasteiger partial charge in [0.2, 0.25) is 5.84 Å². The molecule has 2 heterocycles. The fraction of sp³-hybridized carbons (Fsp3) is 0.222. The number of benzene rings is 1. The zero-order chi connectivity index (χ0) is 20.5. The molecule has 1 fully saturated rings. The first-order valence-electron chi connectivity index (χ1n) is 8.51. The minimum absolute atomic E-state index is 0.00880. The minimum Gasteiger partial charge on any atom is -0.406 e. The molecule has 29 heavy (non-hydrogen) atoms. The number of nitrogens with one attached hydrogen (secondary N) is 2. The summed E-state index contributed by atoms with van der Waals surface area (Å²) in [6, 6.07) is 7.05. The molecule has 0 bridgehead atoms. The molecule has 1 saturated carbocycles. The van der Waals surface area contributed by atoms with E-state index in [1.165, 1.54) is 36.7 Å². The van der Waals surface area contributed by atoms with Gasteiger partial charge in [0.05, 0.1) is 5.54 Å². The highest BCUT2D eigenvalue weighted by Crippen LogP contribution is 2.46. The van der Waals surface area contributed by atoms with Crippen LogP contribution in [0.1, 0.15) is 24.2 Å². The molecular formula is C18H14F3N5O3. The lowest BCUT2D eigenvalue weighted by Gasteiger charge is -2.20. The Morgan fingerprint density at radius 3 is 2.48 bits per heavy atom. The van der Waals surface area contributed by atoms with Gasteiger partial charge in [-0.2, -0.15) is 0 Å². The van der Waals surface area contributed by atoms with Gasteiger partial charge in [-0.1, -0.05) is 12.1 Å². The Morgan fingerprint density at radius 1 is 1.17 bits per heavy atom. The van der Waals surface area contributed by atoms with Crippen molar-refractivity contribution < 1.29 is 27.5 Å². The van der Waals surface area contributed by atoms with Crippen molar-refractivity contribution in [3.8, 4) is 5.75 Å². The summed E-state index contributed by atoms with van der Waals surface area (Å²) < 4.78 is 40.8. The van der Waals surface area contributed by atoms with Crippen molar-refractivity contribution in [1.82, 2.24) is 20.8 Å². The number of ether oxygens (including phenoxy) is 1. The normalized spacial score (nSPS) is 17.2. The van der Waals surface area contributed by atoms with Crippen LogP contribution in [0.15, 0.2) is 59.7 Å². The van der Waals surface area contributed by atoms with E-state index in [1.807, 2.05) is 0 Å². The van der Waals surface area contributed by atoms with Gasteiger partial charge in [0.1, 0.15) is 5.75 Å². The highest BCUT2D eigenvalue weighted by molar-refractivity contribution is 6.02. The number of amides is 1. The Morgan fingerprint density at radius 2 is 1.86 bits per heavy atom. The molecule has 11 heteroatoms. The standard InChI is InChI=1S/C18H14F3N5O3/c19-18(20,21)29-12-4-2-11(3-5-12)17(6-7-17)25-16(27)13-10-28-26-15(24-13)14-22-8-1-9-23-14/h1-5,8-10H,6-7H2,(H,24,26)(H,25,27). The van der Waals surface area contributed by atoms with Crippen molar-refractivity contribution in [3.63, 3.8) is 0 Å². The summed E-state index contributed by atoms with van der Waals surface area (Å²) in [7, 11) is 0. The third-order valence-corrected chi connectivity index (χ3v) is 4.31. The Hall–Kier alpha value is -3.63. The Labute approximate surface area is 162 Å². The van der Waals surface area contributed by atoms with Gasteiger partial charge < -0.3 is 14.9 Å². The van der Waals surface area contributed by atoms with Crippen LogP contribution in [0, 0.1) is 0 Å². The lowest BCUT2D eigenvalue weighted by atomic mass is 10.0. The van der Waals surface area contributed by atoms with Crippen LogP contribution in [-0.4, -0.2) is 28.1 Å². The summed E-state index contributed by atoms with van der Waals surface area (Å²) in [6.07, 6.45) is 0.725. The number of hydroxylamine groups is 1. The molecule has 1 aromatic heterocycles. The number of carbonyl (C=O) groups excluding carboxylic acids is 1. The molecule has 1 aliphatic carbocycles. The molecule has 2 aromatic rings. The second kappa shape index (κ2) is 7.08. The first-order valence-corrected chi connectivity index (χ1v) is 8.51. The molecule has 150 valence electrons. The van der Waals surface area contributed by atoms with E-state index in [9.17, 15) is 18.0 Å². The van der Waals surface area contributed by atoms with E-state index in [0.29, 0.717) is 18.4 Å². The smallest absolute Gasteiger partial charge is 0.406 e. The molecule has 1 amide bonds. The predicted molar refractivity (Wildman–Crippen MR) is 93.1 cm³/mol. The molecule has 1 aromatic carbocycles. The van der Waals surface area contributed by atoms with E-state index < -0.39 is 17.8 Å². The van der Waals surface area contributed by atoms with Gasteiger partial charge in [-0.05, 0) is 36.6 Å². The van der Waals surface area contributed by atoms with Gasteiger partial charge in [-0.3, -0.25) is 4.79 Å². The molecule has 2 N–H and O–H groups in total. The molecule has 4 rings (SSSR count). The Balaban J connectivity index is 1.47. The van der Waals surface area contributed by atoms with E-state index >= 15 is 0 Å². The van der Waals surface area contributed by atoms with Crippen LogP contribution in [0.3, 0.4) is 0 Å². The predicted octanol–water partition coefficient (Wildman–Crippen LogP) is 2.30. The molecule has 2 aliphatic rings. The highest BCUT2D eigenvalue weighted by atomic mass is 19.4. The van der Waals surface area contributed by atoms with Gasteiger partial charge in [0.25, 0.3) is 5.91 Å². The van der Waals surface area contributed by atoms with Crippen LogP contribution < -0.4 is 15.5 Å². The number of amidine groups is 1. The third-order valence-electron chi connectivity index (χ3n) is 4.31. The number of nitrogens with zero attached hydrogens (tertiary/aromatic N) is 3. The number of hydrogen-bond acceptors (Lipinski definition) is 7. The second-order valence-corrected chi connectivity index (χ2v) is 6.36. The quantitative estimate of drug-likeness (QED) is 0.792. The van der Waals surface area contributed by atoms with Crippen LogP contribution >= 0.6 is 0 Å². The number of hydrogen-bond donors (Lipinski definition) is 2. The second-order valence-electron chi connectivity index (χ2n) is 6.36. The van der Waals surface area contributed by atoms with Crippen LogP contribution in [0.2, 0.25) is 0 Å². The van der Waals surface area contributed by atoms with Gasteiger partial charge >= 0.3 is 6.36 Å². The maximum atomic E-state index is 12.6. The van der Waals surface area contributed by atoms with Crippen molar-refractivity contribution >= 4 is 11.7 Å². The zero-order valence-electron chi connectivity index (χ0n) is 14.7. The molecule has 0 spiro atoms. The average molecular weight is 405 g/mol. The molecule has 0 unspecified atom stereocenters. The van der Waals surface area contributed by atoms with Crippen molar-refractivity contribution in [3.05, 3.63) is 66.1 Å². The average Bonchev–Trinajstić information content (AvgIpc) is 3.48. The van der Waals surface area contributed by atoms with Gasteiger partial charge in [0.15, 0.2) is 17.8 Å². The zero-order valence-corrected chi connectivity index (χ0v) is 14.7. The Bertz CT molecular complexity index is 970. The van der Waals surface area contributed by atoms with Crippen molar-refractivity contribution in [2.45, 2.75) is 24.7 Å². The molecule has 8 nitrogen and oxygen atoms in total. The number of halogens is 3.